The molecule has 0 amide bonds. The third-order valence-corrected chi connectivity index (χ3v) is 3.36. The van der Waals surface area contributed by atoms with Gasteiger partial charge in [-0.05, 0) is 42.7 Å². The minimum atomic E-state index is -0.595. The second-order valence-electron chi connectivity index (χ2n) is 4.49. The molecule has 1 unspecified atom stereocenters. The van der Waals surface area contributed by atoms with E-state index in [9.17, 15) is 5.11 Å². The van der Waals surface area contributed by atoms with Crippen molar-refractivity contribution >= 4 is 11.6 Å². The highest BCUT2D eigenvalue weighted by Crippen LogP contribution is 2.22. The first kappa shape index (κ1) is 13.1. The fourth-order valence-corrected chi connectivity index (χ4v) is 2.17. The van der Waals surface area contributed by atoms with Crippen molar-refractivity contribution in [3.05, 3.63) is 63.9 Å². The Bertz CT molecular complexity index is 516. The highest BCUT2D eigenvalue weighted by molar-refractivity contribution is 6.30. The lowest BCUT2D eigenvalue weighted by molar-refractivity contribution is 0.173. The molecule has 0 saturated heterocycles. The Hall–Kier alpha value is -1.38. The minimum absolute atomic E-state index is 0.577. The van der Waals surface area contributed by atoms with Crippen LogP contribution in [0.25, 0.3) is 0 Å². The molecule has 1 heterocycles. The number of aliphatic hydroxyl groups excluding tert-OH is 1. The third-order valence-electron chi connectivity index (χ3n) is 3.13. The van der Waals surface area contributed by atoms with Crippen LogP contribution in [0.3, 0.4) is 0 Å². The molecule has 2 aromatic rings. The predicted octanol–water partition coefficient (Wildman–Crippen LogP) is 3.63. The number of nitrogens with zero attached hydrogens (tertiary/aromatic N) is 1. The predicted molar refractivity (Wildman–Crippen MR) is 73.8 cm³/mol. The van der Waals surface area contributed by atoms with E-state index in [0.29, 0.717) is 17.1 Å². The Morgan fingerprint density at radius 1 is 1.17 bits per heavy atom. The van der Waals surface area contributed by atoms with Crippen molar-refractivity contribution in [2.75, 3.05) is 0 Å². The van der Waals surface area contributed by atoms with E-state index in [1.165, 1.54) is 16.7 Å². The zero-order valence-electron chi connectivity index (χ0n) is 10.5. The lowest BCUT2D eigenvalue weighted by atomic mass is 9.96. The summed E-state index contributed by atoms with van der Waals surface area (Å²) >= 11 is 5.78. The lowest BCUT2D eigenvalue weighted by Gasteiger charge is -2.14. The van der Waals surface area contributed by atoms with Crippen LogP contribution in [0.15, 0.2) is 36.5 Å². The molecule has 0 aliphatic heterocycles. The summed E-state index contributed by atoms with van der Waals surface area (Å²) in [7, 11) is 0. The van der Waals surface area contributed by atoms with Gasteiger partial charge in [0.15, 0.2) is 0 Å². The fraction of sp³-hybridized carbons (Fsp3) is 0.267. The molecule has 3 heteroatoms. The Labute approximate surface area is 112 Å². The van der Waals surface area contributed by atoms with Gasteiger partial charge < -0.3 is 5.11 Å². The van der Waals surface area contributed by atoms with Gasteiger partial charge in [0.2, 0.25) is 0 Å². The van der Waals surface area contributed by atoms with Gasteiger partial charge >= 0.3 is 0 Å². The highest BCUT2D eigenvalue weighted by Gasteiger charge is 2.12. The molecule has 2 rings (SSSR count). The maximum atomic E-state index is 10.2. The standard InChI is InChI=1S/C15H16ClNO/c1-10-4-3-5-11(2)13(10)8-15(18)14-7-6-12(16)9-17-14/h3-7,9,15,18H,8H2,1-2H3. The van der Waals surface area contributed by atoms with Crippen molar-refractivity contribution < 1.29 is 5.11 Å². The number of benzene rings is 1. The maximum absolute atomic E-state index is 10.2. The molecule has 0 saturated carbocycles. The van der Waals surface area contributed by atoms with Gasteiger partial charge in [0.1, 0.15) is 0 Å². The number of aryl methyl sites for hydroxylation is 2. The van der Waals surface area contributed by atoms with Gasteiger partial charge in [-0.15, -0.1) is 0 Å². The van der Waals surface area contributed by atoms with Crippen molar-refractivity contribution in [1.29, 1.82) is 0 Å². The molecule has 1 atom stereocenters. The molecule has 0 spiro atoms. The highest BCUT2D eigenvalue weighted by atomic mass is 35.5. The maximum Gasteiger partial charge on any atom is 0.1000 e. The minimum Gasteiger partial charge on any atom is -0.386 e. The van der Waals surface area contributed by atoms with E-state index >= 15 is 0 Å². The first-order valence-electron chi connectivity index (χ1n) is 5.92. The molecule has 0 fully saturated rings. The van der Waals surface area contributed by atoms with Crippen LogP contribution in [0.2, 0.25) is 5.02 Å². The van der Waals surface area contributed by atoms with Gasteiger partial charge in [-0.25, -0.2) is 0 Å². The molecule has 0 aliphatic rings. The summed E-state index contributed by atoms with van der Waals surface area (Å²) in [6, 6.07) is 9.66. The SMILES string of the molecule is Cc1cccc(C)c1CC(O)c1ccc(Cl)cn1. The van der Waals surface area contributed by atoms with Crippen LogP contribution in [0.5, 0.6) is 0 Å². The zero-order chi connectivity index (χ0) is 13.1. The molecule has 1 aromatic heterocycles. The lowest BCUT2D eigenvalue weighted by Crippen LogP contribution is -2.06. The van der Waals surface area contributed by atoms with Gasteiger partial charge in [-0.2, -0.15) is 0 Å². The zero-order valence-corrected chi connectivity index (χ0v) is 11.3. The normalized spacial score (nSPS) is 12.4. The summed E-state index contributed by atoms with van der Waals surface area (Å²) in [6.07, 6.45) is 1.54. The Morgan fingerprint density at radius 2 is 1.83 bits per heavy atom. The Kier molecular flexibility index (Phi) is 4.00. The van der Waals surface area contributed by atoms with Gasteiger partial charge in [-0.3, -0.25) is 4.98 Å². The molecule has 18 heavy (non-hydrogen) atoms. The smallest absolute Gasteiger partial charge is 0.1000 e. The average molecular weight is 262 g/mol. The summed E-state index contributed by atoms with van der Waals surface area (Å²) in [5.74, 6) is 0. The molecular weight excluding hydrogens is 246 g/mol. The van der Waals surface area contributed by atoms with E-state index in [2.05, 4.69) is 31.0 Å². The number of rotatable bonds is 3. The fourth-order valence-electron chi connectivity index (χ4n) is 2.05. The van der Waals surface area contributed by atoms with Gasteiger partial charge in [0.25, 0.3) is 0 Å². The van der Waals surface area contributed by atoms with Crippen molar-refractivity contribution in [2.45, 2.75) is 26.4 Å². The number of halogens is 1. The molecule has 0 aliphatic carbocycles. The van der Waals surface area contributed by atoms with Crippen molar-refractivity contribution in [1.82, 2.24) is 4.98 Å². The Balaban J connectivity index is 2.21. The summed E-state index contributed by atoms with van der Waals surface area (Å²) in [6.45, 7) is 4.12. The van der Waals surface area contributed by atoms with E-state index in [4.69, 9.17) is 11.6 Å². The quantitative estimate of drug-likeness (QED) is 0.915. The van der Waals surface area contributed by atoms with E-state index in [0.717, 1.165) is 0 Å². The topological polar surface area (TPSA) is 33.1 Å². The molecule has 94 valence electrons. The van der Waals surface area contributed by atoms with Crippen LogP contribution in [0.4, 0.5) is 0 Å². The monoisotopic (exact) mass is 261 g/mol. The van der Waals surface area contributed by atoms with Crippen LogP contribution < -0.4 is 0 Å². The summed E-state index contributed by atoms with van der Waals surface area (Å²) in [5, 5.41) is 10.8. The molecule has 2 nitrogen and oxygen atoms in total. The van der Waals surface area contributed by atoms with Crippen molar-refractivity contribution in [3.8, 4) is 0 Å². The Morgan fingerprint density at radius 3 is 2.39 bits per heavy atom. The third kappa shape index (κ3) is 2.89. The molecular formula is C15H16ClNO. The van der Waals surface area contributed by atoms with Crippen LogP contribution in [-0.2, 0) is 6.42 Å². The average Bonchev–Trinajstić information content (AvgIpc) is 2.34. The van der Waals surface area contributed by atoms with E-state index < -0.39 is 6.10 Å². The summed E-state index contributed by atoms with van der Waals surface area (Å²) in [5.41, 5.74) is 4.23. The van der Waals surface area contributed by atoms with Gasteiger partial charge in [0, 0.05) is 12.6 Å². The van der Waals surface area contributed by atoms with Crippen molar-refractivity contribution in [3.63, 3.8) is 0 Å². The van der Waals surface area contributed by atoms with Crippen LogP contribution in [0.1, 0.15) is 28.5 Å². The summed E-state index contributed by atoms with van der Waals surface area (Å²) < 4.78 is 0. The van der Waals surface area contributed by atoms with E-state index in [1.807, 2.05) is 6.07 Å². The first-order valence-corrected chi connectivity index (χ1v) is 6.30. The second kappa shape index (κ2) is 5.51. The molecule has 0 bridgehead atoms. The molecule has 1 N–H and O–H groups in total. The van der Waals surface area contributed by atoms with Crippen LogP contribution >= 0.6 is 11.6 Å². The van der Waals surface area contributed by atoms with Crippen LogP contribution in [0, 0.1) is 13.8 Å². The molecule has 1 aromatic carbocycles. The van der Waals surface area contributed by atoms with E-state index in [1.54, 1.807) is 18.3 Å². The molecule has 0 radical (unpaired) electrons. The van der Waals surface area contributed by atoms with Gasteiger partial charge in [0.05, 0.1) is 16.8 Å². The van der Waals surface area contributed by atoms with E-state index in [-0.39, 0.29) is 0 Å². The number of pyridine rings is 1. The van der Waals surface area contributed by atoms with Crippen molar-refractivity contribution in [2.24, 2.45) is 0 Å². The van der Waals surface area contributed by atoms with Gasteiger partial charge in [-0.1, -0.05) is 29.8 Å². The number of hydrogen-bond donors (Lipinski definition) is 1. The number of aromatic nitrogens is 1. The second-order valence-corrected chi connectivity index (χ2v) is 4.93. The summed E-state index contributed by atoms with van der Waals surface area (Å²) in [4.78, 5) is 4.15. The first-order chi connectivity index (χ1) is 8.58. The number of aliphatic hydroxyl groups is 1. The largest absolute Gasteiger partial charge is 0.386 e. The number of hydrogen-bond acceptors (Lipinski definition) is 2. The van der Waals surface area contributed by atoms with Crippen LogP contribution in [-0.4, -0.2) is 10.1 Å².